The summed E-state index contributed by atoms with van der Waals surface area (Å²) < 4.78 is 2.60. The first-order valence-electron chi connectivity index (χ1n) is 5.82. The predicted molar refractivity (Wildman–Crippen MR) is 71.1 cm³/mol. The molecule has 7 nitrogen and oxygen atoms in total. The predicted octanol–water partition coefficient (Wildman–Crippen LogP) is 0.817. The molecule has 2 heterocycles. The van der Waals surface area contributed by atoms with E-state index in [4.69, 9.17) is 0 Å². The number of hydrogen-bond acceptors (Lipinski definition) is 4. The molecular weight excluding hydrogens is 260 g/mol. The summed E-state index contributed by atoms with van der Waals surface area (Å²) >= 11 is 0. The van der Waals surface area contributed by atoms with Gasteiger partial charge in [-0.2, -0.15) is 5.10 Å². The van der Waals surface area contributed by atoms with Crippen LogP contribution in [-0.4, -0.2) is 30.4 Å². The minimum atomic E-state index is -1.22. The van der Waals surface area contributed by atoms with Gasteiger partial charge >= 0.3 is 5.97 Å². The van der Waals surface area contributed by atoms with Crippen LogP contribution in [0.5, 0.6) is 0 Å². The van der Waals surface area contributed by atoms with E-state index in [1.165, 1.54) is 15.6 Å². The molecule has 3 aromatic rings. The topological polar surface area (TPSA) is 90.0 Å². The summed E-state index contributed by atoms with van der Waals surface area (Å²) in [4.78, 5) is 27.5. The molecule has 0 aliphatic heterocycles. The van der Waals surface area contributed by atoms with Crippen molar-refractivity contribution in [3.63, 3.8) is 0 Å². The molecule has 0 aliphatic rings. The molecule has 0 bridgehead atoms. The maximum atomic E-state index is 12.2. The van der Waals surface area contributed by atoms with E-state index in [0.717, 1.165) is 0 Å². The van der Waals surface area contributed by atoms with Crippen LogP contribution in [0.3, 0.4) is 0 Å². The van der Waals surface area contributed by atoms with Gasteiger partial charge in [0.05, 0.1) is 12.0 Å². The molecule has 0 atom stereocenters. The lowest BCUT2D eigenvalue weighted by Gasteiger charge is -2.02. The van der Waals surface area contributed by atoms with E-state index in [1.54, 1.807) is 31.3 Å². The van der Waals surface area contributed by atoms with Crippen molar-refractivity contribution in [1.82, 2.24) is 19.3 Å². The van der Waals surface area contributed by atoms with Crippen LogP contribution in [0, 0.1) is 0 Å². The number of rotatable bonds is 2. The lowest BCUT2D eigenvalue weighted by molar-refractivity contribution is 0.0692. The number of aryl methyl sites for hydroxylation is 1. The SMILES string of the molecule is Cn1cnc2c(C(=O)O)nn(-c3ccccc3)c2c1=O. The lowest BCUT2D eigenvalue weighted by atomic mass is 10.3. The Balaban J connectivity index is 2.46. The van der Waals surface area contributed by atoms with Crippen molar-refractivity contribution < 1.29 is 9.90 Å². The third-order valence-corrected chi connectivity index (χ3v) is 2.95. The molecule has 0 saturated heterocycles. The first-order valence-corrected chi connectivity index (χ1v) is 5.82. The average Bonchev–Trinajstić information content (AvgIpc) is 2.84. The van der Waals surface area contributed by atoms with E-state index >= 15 is 0 Å². The fourth-order valence-electron chi connectivity index (χ4n) is 1.99. The Morgan fingerprint density at radius 1 is 1.25 bits per heavy atom. The van der Waals surface area contributed by atoms with Gasteiger partial charge in [0.2, 0.25) is 0 Å². The Bertz CT molecular complexity index is 864. The van der Waals surface area contributed by atoms with Crippen LogP contribution in [-0.2, 0) is 7.05 Å². The Morgan fingerprint density at radius 2 is 1.95 bits per heavy atom. The van der Waals surface area contributed by atoms with Crippen molar-refractivity contribution in [1.29, 1.82) is 0 Å². The average molecular weight is 270 g/mol. The quantitative estimate of drug-likeness (QED) is 0.744. The summed E-state index contributed by atoms with van der Waals surface area (Å²) in [7, 11) is 1.55. The van der Waals surface area contributed by atoms with Gasteiger partial charge in [-0.05, 0) is 12.1 Å². The number of hydrogen-bond donors (Lipinski definition) is 1. The molecule has 0 radical (unpaired) electrons. The molecular formula is C13H10N4O3. The van der Waals surface area contributed by atoms with Crippen molar-refractivity contribution in [2.24, 2.45) is 7.05 Å². The van der Waals surface area contributed by atoms with Gasteiger partial charge in [-0.1, -0.05) is 18.2 Å². The van der Waals surface area contributed by atoms with Crippen molar-refractivity contribution in [2.45, 2.75) is 0 Å². The maximum absolute atomic E-state index is 12.2. The number of carbonyl (C=O) groups is 1. The molecule has 20 heavy (non-hydrogen) atoms. The van der Waals surface area contributed by atoms with E-state index in [-0.39, 0.29) is 22.3 Å². The second-order valence-corrected chi connectivity index (χ2v) is 4.26. The zero-order valence-electron chi connectivity index (χ0n) is 10.5. The number of carboxylic acid groups (broad SMARTS) is 1. The van der Waals surface area contributed by atoms with Crippen LogP contribution in [0.15, 0.2) is 41.5 Å². The number of aromatic nitrogens is 4. The monoisotopic (exact) mass is 270 g/mol. The first-order chi connectivity index (χ1) is 9.59. The third kappa shape index (κ3) is 1.68. The molecule has 0 saturated carbocycles. The third-order valence-electron chi connectivity index (χ3n) is 2.95. The van der Waals surface area contributed by atoms with Crippen molar-refractivity contribution in [2.75, 3.05) is 0 Å². The lowest BCUT2D eigenvalue weighted by Crippen LogP contribution is -2.19. The molecule has 0 fully saturated rings. The van der Waals surface area contributed by atoms with E-state index < -0.39 is 5.97 Å². The largest absolute Gasteiger partial charge is 0.476 e. The molecule has 100 valence electrons. The molecule has 1 aromatic carbocycles. The molecule has 0 spiro atoms. The van der Waals surface area contributed by atoms with Gasteiger partial charge < -0.3 is 9.67 Å². The minimum absolute atomic E-state index is 0.0875. The van der Waals surface area contributed by atoms with Gasteiger partial charge in [0.1, 0.15) is 5.52 Å². The van der Waals surface area contributed by atoms with Crippen molar-refractivity contribution in [3.8, 4) is 5.69 Å². The summed E-state index contributed by atoms with van der Waals surface area (Å²) in [6.45, 7) is 0. The van der Waals surface area contributed by atoms with Crippen molar-refractivity contribution in [3.05, 3.63) is 52.7 Å². The number of nitrogens with zero attached hydrogens (tertiary/aromatic N) is 4. The van der Waals surface area contributed by atoms with Crippen molar-refractivity contribution >= 4 is 17.0 Å². The van der Waals surface area contributed by atoms with Gasteiger partial charge in [0, 0.05) is 7.05 Å². The van der Waals surface area contributed by atoms with E-state index in [2.05, 4.69) is 10.1 Å². The number of benzene rings is 1. The number of fused-ring (bicyclic) bond motifs is 1. The van der Waals surface area contributed by atoms with E-state index in [0.29, 0.717) is 5.69 Å². The van der Waals surface area contributed by atoms with Gasteiger partial charge in [0.15, 0.2) is 11.2 Å². The summed E-state index contributed by atoms with van der Waals surface area (Å²) in [6.07, 6.45) is 1.29. The van der Waals surface area contributed by atoms with E-state index in [1.807, 2.05) is 6.07 Å². The molecule has 2 aromatic heterocycles. The summed E-state index contributed by atoms with van der Waals surface area (Å²) in [6, 6.07) is 8.87. The Kier molecular flexibility index (Phi) is 2.60. The molecule has 0 unspecified atom stereocenters. The Hall–Kier alpha value is -2.96. The summed E-state index contributed by atoms with van der Waals surface area (Å²) in [5.41, 5.74) is 0.263. The zero-order valence-corrected chi connectivity index (χ0v) is 10.5. The molecule has 0 aliphatic carbocycles. The second kappa shape index (κ2) is 4.30. The van der Waals surface area contributed by atoms with Crippen LogP contribution < -0.4 is 5.56 Å². The van der Waals surface area contributed by atoms with Gasteiger partial charge in [0.25, 0.3) is 5.56 Å². The van der Waals surface area contributed by atoms with E-state index in [9.17, 15) is 14.7 Å². The highest BCUT2D eigenvalue weighted by Crippen LogP contribution is 2.17. The minimum Gasteiger partial charge on any atom is -0.476 e. The standard InChI is InChI=1S/C13H10N4O3/c1-16-7-14-9-10(13(19)20)15-17(11(9)12(16)18)8-5-3-2-4-6-8/h2-7H,1H3,(H,19,20). The highest BCUT2D eigenvalue weighted by molar-refractivity contribution is 5.99. The normalized spacial score (nSPS) is 10.8. The van der Waals surface area contributed by atoms with Crippen LogP contribution in [0.1, 0.15) is 10.5 Å². The number of carboxylic acids is 1. The Morgan fingerprint density at radius 3 is 2.60 bits per heavy atom. The zero-order chi connectivity index (χ0) is 14.3. The maximum Gasteiger partial charge on any atom is 0.358 e. The van der Waals surface area contributed by atoms with Crippen LogP contribution >= 0.6 is 0 Å². The second-order valence-electron chi connectivity index (χ2n) is 4.26. The van der Waals surface area contributed by atoms with Crippen LogP contribution in [0.25, 0.3) is 16.7 Å². The molecule has 3 rings (SSSR count). The smallest absolute Gasteiger partial charge is 0.358 e. The summed E-state index contributed by atoms with van der Waals surface area (Å²) in [5.74, 6) is -1.22. The highest BCUT2D eigenvalue weighted by Gasteiger charge is 2.21. The van der Waals surface area contributed by atoms with Crippen LogP contribution in [0.4, 0.5) is 0 Å². The van der Waals surface area contributed by atoms with Crippen LogP contribution in [0.2, 0.25) is 0 Å². The molecule has 0 amide bonds. The highest BCUT2D eigenvalue weighted by atomic mass is 16.4. The summed E-state index contributed by atoms with van der Waals surface area (Å²) in [5, 5.41) is 13.2. The van der Waals surface area contributed by atoms with Gasteiger partial charge in [-0.25, -0.2) is 14.5 Å². The van der Waals surface area contributed by atoms with Gasteiger partial charge in [-0.3, -0.25) is 4.79 Å². The molecule has 7 heteroatoms. The Labute approximate surface area is 112 Å². The number of para-hydroxylation sites is 1. The van der Waals surface area contributed by atoms with Gasteiger partial charge in [-0.15, -0.1) is 0 Å². The fourth-order valence-corrected chi connectivity index (χ4v) is 1.99. The molecule has 1 N–H and O–H groups in total. The first kappa shape index (κ1) is 12.1. The fraction of sp³-hybridized carbons (Fsp3) is 0.0769. The number of aromatic carboxylic acids is 1.